The Morgan fingerprint density at radius 2 is 0.484 bits per heavy atom. The fourth-order valence-electron chi connectivity index (χ4n) is 11.7. The van der Waals surface area contributed by atoms with Gasteiger partial charge >= 0.3 is 39.5 Å². The fourth-order valence-corrected chi connectivity index (χ4v) is 13.3. The Bertz CT molecular complexity index is 1820. The van der Waals surface area contributed by atoms with Gasteiger partial charge in [-0.05, 0) is 31.6 Å². The summed E-state index contributed by atoms with van der Waals surface area (Å²) in [5.74, 6) is -1.31. The van der Waals surface area contributed by atoms with E-state index >= 15 is 0 Å². The molecule has 0 spiro atoms. The lowest BCUT2D eigenvalue weighted by atomic mass is 10.0. The van der Waals surface area contributed by atoms with Crippen LogP contribution >= 0.6 is 15.6 Å². The van der Waals surface area contributed by atoms with Crippen molar-refractivity contribution in [3.8, 4) is 0 Å². The molecule has 0 fully saturated rings. The number of aliphatic hydroxyl groups is 1. The highest BCUT2D eigenvalue weighted by atomic mass is 31.2. The molecule has 0 aliphatic carbocycles. The molecule has 19 heteroatoms. The molecule has 3 N–H and O–H groups in total. The molecule has 0 bridgehead atoms. The number of esters is 4. The van der Waals surface area contributed by atoms with E-state index in [1.165, 1.54) is 212 Å². The van der Waals surface area contributed by atoms with Crippen LogP contribution < -0.4 is 0 Å². The van der Waals surface area contributed by atoms with E-state index in [0.29, 0.717) is 25.7 Å². The maximum atomic E-state index is 13.1. The highest BCUT2D eigenvalue weighted by Gasteiger charge is 2.30. The molecule has 0 rings (SSSR count). The number of phosphoric ester groups is 2. The van der Waals surface area contributed by atoms with Gasteiger partial charge in [0, 0.05) is 25.7 Å². The first-order valence-corrected chi connectivity index (χ1v) is 42.6. The molecule has 0 aliphatic rings. The molecular weight excluding hydrogens is 1250 g/mol. The lowest BCUT2D eigenvalue weighted by molar-refractivity contribution is -0.161. The molecule has 5 atom stereocenters. The van der Waals surface area contributed by atoms with Gasteiger partial charge in [-0.3, -0.25) is 37.3 Å². The molecule has 564 valence electrons. The van der Waals surface area contributed by atoms with Crippen LogP contribution in [0, 0.1) is 5.92 Å². The van der Waals surface area contributed by atoms with E-state index in [1.807, 2.05) is 0 Å². The quantitative estimate of drug-likeness (QED) is 0.0222. The molecule has 0 saturated carbocycles. The molecule has 0 radical (unpaired) electrons. The molecule has 2 unspecified atom stereocenters. The van der Waals surface area contributed by atoms with E-state index in [0.717, 1.165) is 109 Å². The zero-order valence-electron chi connectivity index (χ0n) is 61.8. The SMILES string of the molecule is CCCCCCCCCCCCCCCCCCCCC(=O)OC[C@H](COP(=O)(O)OC[C@@H](O)COP(=O)(O)OC[C@@H](COC(=O)CCCCCCCCC)OC(=O)CCCCCCCCCCCCCC)OC(=O)CCCCCCCCCCCCCCCCCC(C)C. The van der Waals surface area contributed by atoms with Crippen molar-refractivity contribution in [2.75, 3.05) is 39.6 Å². The van der Waals surface area contributed by atoms with Crippen LogP contribution in [0.5, 0.6) is 0 Å². The van der Waals surface area contributed by atoms with E-state index < -0.39 is 97.5 Å². The van der Waals surface area contributed by atoms with Gasteiger partial charge < -0.3 is 33.8 Å². The number of hydrogen-bond acceptors (Lipinski definition) is 15. The Kier molecular flexibility index (Phi) is 67.7. The third kappa shape index (κ3) is 70.3. The maximum absolute atomic E-state index is 13.1. The monoisotopic (exact) mass is 1400 g/mol. The minimum Gasteiger partial charge on any atom is -0.462 e. The molecule has 17 nitrogen and oxygen atoms in total. The average Bonchev–Trinajstić information content (AvgIpc) is 1.39. The summed E-state index contributed by atoms with van der Waals surface area (Å²) >= 11 is 0. The van der Waals surface area contributed by atoms with Crippen LogP contribution in [0.1, 0.15) is 401 Å². The van der Waals surface area contributed by atoms with Crippen LogP contribution in [0.25, 0.3) is 0 Å². The third-order valence-corrected chi connectivity index (χ3v) is 19.7. The van der Waals surface area contributed by atoms with E-state index in [-0.39, 0.29) is 25.7 Å². The summed E-state index contributed by atoms with van der Waals surface area (Å²) in [7, 11) is -9.90. The van der Waals surface area contributed by atoms with Crippen molar-refractivity contribution in [3.05, 3.63) is 0 Å². The van der Waals surface area contributed by atoms with Crippen LogP contribution in [0.3, 0.4) is 0 Å². The number of aliphatic hydroxyl groups excluding tert-OH is 1. The molecule has 0 heterocycles. The smallest absolute Gasteiger partial charge is 0.462 e. The highest BCUT2D eigenvalue weighted by molar-refractivity contribution is 7.47. The largest absolute Gasteiger partial charge is 0.472 e. The van der Waals surface area contributed by atoms with Crippen molar-refractivity contribution in [1.82, 2.24) is 0 Å². The second kappa shape index (κ2) is 69.2. The van der Waals surface area contributed by atoms with Gasteiger partial charge in [0.1, 0.15) is 19.3 Å². The van der Waals surface area contributed by atoms with Gasteiger partial charge in [-0.1, -0.05) is 349 Å². The van der Waals surface area contributed by atoms with Gasteiger partial charge in [-0.25, -0.2) is 9.13 Å². The van der Waals surface area contributed by atoms with Crippen molar-refractivity contribution in [2.24, 2.45) is 5.92 Å². The van der Waals surface area contributed by atoms with Gasteiger partial charge in [0.05, 0.1) is 26.4 Å². The predicted molar refractivity (Wildman–Crippen MR) is 386 cm³/mol. The number of rotatable bonds is 76. The lowest BCUT2D eigenvalue weighted by Crippen LogP contribution is -2.30. The zero-order chi connectivity index (χ0) is 69.8. The fraction of sp³-hybridized carbons (Fsp3) is 0.947. The van der Waals surface area contributed by atoms with Crippen molar-refractivity contribution in [1.29, 1.82) is 0 Å². The Hall–Kier alpha value is -1.94. The number of phosphoric acid groups is 2. The lowest BCUT2D eigenvalue weighted by Gasteiger charge is -2.21. The maximum Gasteiger partial charge on any atom is 0.472 e. The average molecular weight is 1400 g/mol. The second-order valence-electron chi connectivity index (χ2n) is 27.9. The summed E-state index contributed by atoms with van der Waals surface area (Å²) in [4.78, 5) is 72.7. The van der Waals surface area contributed by atoms with E-state index in [1.54, 1.807) is 0 Å². The number of unbranched alkanes of at least 4 members (excludes halogenated alkanes) is 48. The normalized spacial score (nSPS) is 13.9. The van der Waals surface area contributed by atoms with Crippen molar-refractivity contribution in [2.45, 2.75) is 419 Å². The molecule has 0 saturated heterocycles. The summed E-state index contributed by atoms with van der Waals surface area (Å²) in [5.41, 5.74) is 0. The summed E-state index contributed by atoms with van der Waals surface area (Å²) in [6, 6.07) is 0. The van der Waals surface area contributed by atoms with Crippen LogP contribution in [-0.4, -0.2) is 96.7 Å². The van der Waals surface area contributed by atoms with Gasteiger partial charge in [-0.15, -0.1) is 0 Å². The molecule has 0 aromatic rings. The summed E-state index contributed by atoms with van der Waals surface area (Å²) in [5, 5.41) is 10.6. The van der Waals surface area contributed by atoms with Crippen molar-refractivity contribution < 1.29 is 80.2 Å². The summed E-state index contributed by atoms with van der Waals surface area (Å²) in [6.07, 6.45) is 58.4. The predicted octanol–water partition coefficient (Wildman–Crippen LogP) is 22.5. The number of carbonyl (C=O) groups excluding carboxylic acids is 4. The van der Waals surface area contributed by atoms with Crippen LogP contribution in [-0.2, 0) is 65.4 Å². The number of hydrogen-bond donors (Lipinski definition) is 3. The Balaban J connectivity index is 5.18. The first kappa shape index (κ1) is 93.1. The zero-order valence-corrected chi connectivity index (χ0v) is 63.6. The first-order valence-electron chi connectivity index (χ1n) is 39.6. The minimum atomic E-state index is -4.96. The standard InChI is InChI=1S/C76H148O17P2/c1-6-9-12-15-18-20-22-24-25-26-27-30-33-37-40-45-50-55-60-74(79)87-66-72(93-76(81)62-57-52-47-42-38-34-31-28-29-32-35-39-44-48-53-58-69(4)5)68-91-95(84,85)89-64-70(77)63-88-94(82,83)90-67-71(65-86-73(78)59-54-49-43-17-14-11-8-3)92-75(80)61-56-51-46-41-36-23-21-19-16-13-10-7-2/h69-72,77H,6-68H2,1-5H3,(H,82,83)(H,84,85)/t70-,71+,72+/m0/s1. The van der Waals surface area contributed by atoms with Crippen LogP contribution in [0.4, 0.5) is 0 Å². The molecule has 0 amide bonds. The highest BCUT2D eigenvalue weighted by Crippen LogP contribution is 2.45. The Morgan fingerprint density at radius 1 is 0.284 bits per heavy atom. The van der Waals surface area contributed by atoms with Gasteiger partial charge in [0.2, 0.25) is 0 Å². The van der Waals surface area contributed by atoms with Gasteiger partial charge in [0.15, 0.2) is 12.2 Å². The summed E-state index contributed by atoms with van der Waals surface area (Å²) in [6.45, 7) is 7.28. The first-order chi connectivity index (χ1) is 46.0. The second-order valence-corrected chi connectivity index (χ2v) is 30.8. The van der Waals surface area contributed by atoms with Crippen LogP contribution in [0.15, 0.2) is 0 Å². The van der Waals surface area contributed by atoms with E-state index in [9.17, 15) is 43.2 Å². The minimum absolute atomic E-state index is 0.107. The third-order valence-electron chi connectivity index (χ3n) is 17.8. The number of ether oxygens (including phenoxy) is 4. The molecule has 0 aromatic heterocycles. The Morgan fingerprint density at radius 3 is 0.716 bits per heavy atom. The Labute approximate surface area is 581 Å². The van der Waals surface area contributed by atoms with Gasteiger partial charge in [0.25, 0.3) is 0 Å². The summed E-state index contributed by atoms with van der Waals surface area (Å²) < 4.78 is 68.4. The van der Waals surface area contributed by atoms with E-state index in [4.69, 9.17) is 37.0 Å². The van der Waals surface area contributed by atoms with Crippen LogP contribution in [0.2, 0.25) is 0 Å². The van der Waals surface area contributed by atoms with E-state index in [2.05, 4.69) is 34.6 Å². The molecule has 0 aliphatic heterocycles. The molecule has 95 heavy (non-hydrogen) atoms. The molecular formula is C76H148O17P2. The molecule has 0 aromatic carbocycles. The van der Waals surface area contributed by atoms with Gasteiger partial charge in [-0.2, -0.15) is 0 Å². The van der Waals surface area contributed by atoms with Crippen molar-refractivity contribution >= 4 is 39.5 Å². The topological polar surface area (TPSA) is 237 Å². The van der Waals surface area contributed by atoms with Crippen molar-refractivity contribution in [3.63, 3.8) is 0 Å². The number of carbonyl (C=O) groups is 4.